The summed E-state index contributed by atoms with van der Waals surface area (Å²) in [6.07, 6.45) is 2.44. The first-order valence-electron chi connectivity index (χ1n) is 8.37. The third-order valence-corrected chi connectivity index (χ3v) is 5.19. The molecule has 120 valence electrons. The van der Waals surface area contributed by atoms with Crippen LogP contribution in [-0.4, -0.2) is 55.0 Å². The van der Waals surface area contributed by atoms with Crippen molar-refractivity contribution in [2.75, 3.05) is 33.2 Å². The van der Waals surface area contributed by atoms with Crippen molar-refractivity contribution in [3.63, 3.8) is 0 Å². The number of nitrogens with zero attached hydrogens (tertiary/aromatic N) is 2. The van der Waals surface area contributed by atoms with Gasteiger partial charge in [0.05, 0.1) is 6.54 Å². The highest BCUT2D eigenvalue weighted by Gasteiger charge is 2.33. The number of carbonyl (C=O) groups is 1. The summed E-state index contributed by atoms with van der Waals surface area (Å²) in [5.74, 6) is 0.968. The van der Waals surface area contributed by atoms with Crippen LogP contribution in [0.3, 0.4) is 0 Å². The SMILES string of the molecule is Cc1ccccc1CN(C)C(=O)CN1CCC2NCCC2C1. The van der Waals surface area contributed by atoms with Gasteiger partial charge in [-0.05, 0) is 43.4 Å². The fraction of sp³-hybridized carbons (Fsp3) is 0.611. The largest absolute Gasteiger partial charge is 0.340 e. The number of aryl methyl sites for hydroxylation is 1. The maximum atomic E-state index is 12.5. The number of amides is 1. The molecule has 0 bridgehead atoms. The molecule has 0 spiro atoms. The van der Waals surface area contributed by atoms with Gasteiger partial charge in [-0.3, -0.25) is 9.69 Å². The van der Waals surface area contributed by atoms with Crippen molar-refractivity contribution in [1.29, 1.82) is 0 Å². The molecule has 0 radical (unpaired) electrons. The van der Waals surface area contributed by atoms with Gasteiger partial charge in [0.25, 0.3) is 0 Å². The number of hydrogen-bond acceptors (Lipinski definition) is 3. The maximum absolute atomic E-state index is 12.5. The standard InChI is InChI=1S/C18H27N3O/c1-14-5-3-4-6-15(14)11-20(2)18(22)13-21-10-8-17-16(12-21)7-9-19-17/h3-6,16-17,19H,7-13H2,1-2H3. The van der Waals surface area contributed by atoms with E-state index in [0.717, 1.165) is 25.6 Å². The van der Waals surface area contributed by atoms with Crippen molar-refractivity contribution in [2.24, 2.45) is 5.92 Å². The van der Waals surface area contributed by atoms with Gasteiger partial charge >= 0.3 is 0 Å². The lowest BCUT2D eigenvalue weighted by atomic mass is 9.93. The Hall–Kier alpha value is -1.39. The molecule has 1 N–H and O–H groups in total. The predicted octanol–water partition coefficient (Wildman–Crippen LogP) is 1.64. The second-order valence-electron chi connectivity index (χ2n) is 6.81. The highest BCUT2D eigenvalue weighted by molar-refractivity contribution is 5.78. The van der Waals surface area contributed by atoms with E-state index < -0.39 is 0 Å². The summed E-state index contributed by atoms with van der Waals surface area (Å²) in [7, 11) is 1.92. The molecule has 22 heavy (non-hydrogen) atoms. The minimum Gasteiger partial charge on any atom is -0.340 e. The van der Waals surface area contributed by atoms with Crippen LogP contribution in [0, 0.1) is 12.8 Å². The molecule has 2 fully saturated rings. The number of likely N-dealkylation sites (N-methyl/N-ethyl adjacent to an activating group) is 1. The van der Waals surface area contributed by atoms with E-state index in [1.165, 1.54) is 24.0 Å². The second kappa shape index (κ2) is 6.80. The van der Waals surface area contributed by atoms with Crippen molar-refractivity contribution >= 4 is 5.91 Å². The third-order valence-electron chi connectivity index (χ3n) is 5.19. The molecule has 2 saturated heterocycles. The number of hydrogen-bond donors (Lipinski definition) is 1. The molecule has 2 aliphatic heterocycles. The summed E-state index contributed by atoms with van der Waals surface area (Å²) in [4.78, 5) is 16.7. The number of rotatable bonds is 4. The average Bonchev–Trinajstić information content (AvgIpc) is 2.97. The van der Waals surface area contributed by atoms with E-state index in [2.05, 4.69) is 29.3 Å². The summed E-state index contributed by atoms with van der Waals surface area (Å²) in [5, 5.41) is 3.57. The van der Waals surface area contributed by atoms with Crippen LogP contribution in [0.5, 0.6) is 0 Å². The highest BCUT2D eigenvalue weighted by atomic mass is 16.2. The van der Waals surface area contributed by atoms with E-state index in [1.54, 1.807) is 0 Å². The fourth-order valence-electron chi connectivity index (χ4n) is 3.71. The van der Waals surface area contributed by atoms with Crippen LogP contribution >= 0.6 is 0 Å². The molecule has 2 aliphatic rings. The smallest absolute Gasteiger partial charge is 0.236 e. The zero-order chi connectivity index (χ0) is 15.5. The van der Waals surface area contributed by atoms with Gasteiger partial charge in [-0.1, -0.05) is 24.3 Å². The van der Waals surface area contributed by atoms with Gasteiger partial charge in [-0.25, -0.2) is 0 Å². The summed E-state index contributed by atoms with van der Waals surface area (Å²) in [6, 6.07) is 8.98. The van der Waals surface area contributed by atoms with Crippen molar-refractivity contribution in [1.82, 2.24) is 15.1 Å². The number of fused-ring (bicyclic) bond motifs is 1. The summed E-state index contributed by atoms with van der Waals surface area (Å²) in [5.41, 5.74) is 2.48. The lowest BCUT2D eigenvalue weighted by Crippen LogP contribution is -2.48. The molecular formula is C18H27N3O. The normalized spacial score (nSPS) is 25.0. The molecular weight excluding hydrogens is 274 g/mol. The molecule has 4 heteroatoms. The van der Waals surface area contributed by atoms with Gasteiger partial charge in [0.2, 0.25) is 5.91 Å². The van der Waals surface area contributed by atoms with Crippen LogP contribution in [0.2, 0.25) is 0 Å². The van der Waals surface area contributed by atoms with Crippen LogP contribution in [0.4, 0.5) is 0 Å². The van der Waals surface area contributed by atoms with Gasteiger partial charge in [0.1, 0.15) is 0 Å². The summed E-state index contributed by atoms with van der Waals surface area (Å²) in [6.45, 7) is 6.62. The minimum atomic E-state index is 0.229. The topological polar surface area (TPSA) is 35.6 Å². The van der Waals surface area contributed by atoms with E-state index >= 15 is 0 Å². The molecule has 1 aromatic carbocycles. The monoisotopic (exact) mass is 301 g/mol. The lowest BCUT2D eigenvalue weighted by Gasteiger charge is -2.35. The number of carbonyl (C=O) groups excluding carboxylic acids is 1. The quantitative estimate of drug-likeness (QED) is 0.918. The van der Waals surface area contributed by atoms with Crippen LogP contribution in [0.25, 0.3) is 0 Å². The molecule has 1 aromatic rings. The molecule has 4 nitrogen and oxygen atoms in total. The van der Waals surface area contributed by atoms with Gasteiger partial charge in [0, 0.05) is 32.7 Å². The minimum absolute atomic E-state index is 0.229. The van der Waals surface area contributed by atoms with E-state index in [4.69, 9.17) is 0 Å². The van der Waals surface area contributed by atoms with Crippen molar-refractivity contribution in [2.45, 2.75) is 32.4 Å². The average molecular weight is 301 g/mol. The molecule has 0 aliphatic carbocycles. The van der Waals surface area contributed by atoms with Crippen LogP contribution in [0.1, 0.15) is 24.0 Å². The highest BCUT2D eigenvalue weighted by Crippen LogP contribution is 2.24. The predicted molar refractivity (Wildman–Crippen MR) is 88.6 cm³/mol. The lowest BCUT2D eigenvalue weighted by molar-refractivity contribution is -0.132. The molecule has 0 saturated carbocycles. The second-order valence-corrected chi connectivity index (χ2v) is 6.81. The van der Waals surface area contributed by atoms with Crippen LogP contribution < -0.4 is 5.32 Å². The Morgan fingerprint density at radius 1 is 1.36 bits per heavy atom. The van der Waals surface area contributed by atoms with Gasteiger partial charge in [-0.2, -0.15) is 0 Å². The first-order chi connectivity index (χ1) is 10.6. The first-order valence-corrected chi connectivity index (χ1v) is 8.37. The number of nitrogens with one attached hydrogen (secondary N) is 1. The van der Waals surface area contributed by atoms with Gasteiger partial charge in [-0.15, -0.1) is 0 Å². The van der Waals surface area contributed by atoms with Crippen LogP contribution in [-0.2, 0) is 11.3 Å². The Morgan fingerprint density at radius 3 is 3.00 bits per heavy atom. The molecule has 2 atom stereocenters. The molecule has 1 amide bonds. The number of piperidine rings is 1. The third kappa shape index (κ3) is 3.50. The van der Waals surface area contributed by atoms with E-state index in [-0.39, 0.29) is 5.91 Å². The van der Waals surface area contributed by atoms with Gasteiger partial charge in [0.15, 0.2) is 0 Å². The summed E-state index contributed by atoms with van der Waals surface area (Å²) >= 11 is 0. The van der Waals surface area contributed by atoms with Gasteiger partial charge < -0.3 is 10.2 Å². The molecule has 2 heterocycles. The number of likely N-dealkylation sites (tertiary alicyclic amines) is 1. The Morgan fingerprint density at radius 2 is 2.18 bits per heavy atom. The van der Waals surface area contributed by atoms with E-state index in [1.807, 2.05) is 24.1 Å². The van der Waals surface area contributed by atoms with Crippen LogP contribution in [0.15, 0.2) is 24.3 Å². The van der Waals surface area contributed by atoms with E-state index in [9.17, 15) is 4.79 Å². The first kappa shape index (κ1) is 15.5. The fourth-order valence-corrected chi connectivity index (χ4v) is 3.71. The maximum Gasteiger partial charge on any atom is 0.236 e. The zero-order valence-corrected chi connectivity index (χ0v) is 13.7. The van der Waals surface area contributed by atoms with E-state index in [0.29, 0.717) is 19.1 Å². The number of benzene rings is 1. The Bertz CT molecular complexity index is 531. The van der Waals surface area contributed by atoms with Crippen molar-refractivity contribution in [3.8, 4) is 0 Å². The zero-order valence-electron chi connectivity index (χ0n) is 13.7. The molecule has 2 unspecified atom stereocenters. The van der Waals surface area contributed by atoms with Crippen molar-refractivity contribution in [3.05, 3.63) is 35.4 Å². The Kier molecular flexibility index (Phi) is 4.79. The Balaban J connectivity index is 1.52. The Labute approximate surface area is 133 Å². The molecule has 0 aromatic heterocycles. The summed E-state index contributed by atoms with van der Waals surface area (Å²) < 4.78 is 0. The van der Waals surface area contributed by atoms with Crippen molar-refractivity contribution < 1.29 is 4.79 Å². The molecule has 3 rings (SSSR count).